The predicted octanol–water partition coefficient (Wildman–Crippen LogP) is 2.92. The van der Waals surface area contributed by atoms with E-state index >= 15 is 0 Å². The van der Waals surface area contributed by atoms with Gasteiger partial charge in [0.25, 0.3) is 0 Å². The maximum Gasteiger partial charge on any atom is 0.0271 e. The van der Waals surface area contributed by atoms with Crippen molar-refractivity contribution < 1.29 is 0 Å². The molecule has 1 unspecified atom stereocenters. The van der Waals surface area contributed by atoms with Crippen molar-refractivity contribution in [3.8, 4) is 0 Å². The van der Waals surface area contributed by atoms with Crippen LogP contribution in [-0.2, 0) is 0 Å². The van der Waals surface area contributed by atoms with E-state index in [1.165, 1.54) is 6.42 Å². The Hall–Kier alpha value is -0.580. The first-order valence-electron chi connectivity index (χ1n) is 9.38. The summed E-state index contributed by atoms with van der Waals surface area (Å²) >= 11 is 0. The molecular formula is C19H42N4. The van der Waals surface area contributed by atoms with E-state index in [9.17, 15) is 0 Å². The Balaban J connectivity index is 4.36. The van der Waals surface area contributed by atoms with E-state index < -0.39 is 0 Å². The molecule has 0 heterocycles. The quantitative estimate of drug-likeness (QED) is 0.514. The zero-order valence-corrected chi connectivity index (χ0v) is 16.8. The molecule has 0 radical (unpaired) electrons. The summed E-state index contributed by atoms with van der Waals surface area (Å²) in [6.07, 6.45) is 1.21. The fraction of sp³-hybridized carbons (Fsp3) is 0.895. The molecule has 138 valence electrons. The Bertz CT molecular complexity index is 302. The molecule has 0 rings (SSSR count). The average Bonchev–Trinajstić information content (AvgIpc) is 2.46. The summed E-state index contributed by atoms with van der Waals surface area (Å²) in [7, 11) is 0. The molecule has 0 saturated carbocycles. The highest BCUT2D eigenvalue weighted by Gasteiger charge is 2.15. The van der Waals surface area contributed by atoms with Gasteiger partial charge in [0.2, 0.25) is 0 Å². The Kier molecular flexibility index (Phi) is 12.5. The van der Waals surface area contributed by atoms with Crippen LogP contribution < -0.4 is 10.6 Å². The maximum atomic E-state index is 3.91. The fourth-order valence-electron chi connectivity index (χ4n) is 2.61. The van der Waals surface area contributed by atoms with Crippen LogP contribution in [-0.4, -0.2) is 67.2 Å². The van der Waals surface area contributed by atoms with Gasteiger partial charge in [-0.25, -0.2) is 0 Å². The van der Waals surface area contributed by atoms with E-state index in [4.69, 9.17) is 0 Å². The van der Waals surface area contributed by atoms with Crippen molar-refractivity contribution >= 4 is 0 Å². The minimum absolute atomic E-state index is 0.564. The smallest absolute Gasteiger partial charge is 0.0271 e. The summed E-state index contributed by atoms with van der Waals surface area (Å²) in [6, 6.07) is 1.79. The molecule has 0 aliphatic rings. The standard InChI is InChI=1S/C19H42N4/c1-9-19(8)23(13-11-21-17(4)5)15-14-22(18(6)7)12-10-20-16(2)3/h17-21H,2,9-15H2,1,3-8H3. The van der Waals surface area contributed by atoms with Gasteiger partial charge in [0.05, 0.1) is 0 Å². The minimum atomic E-state index is 0.564. The van der Waals surface area contributed by atoms with E-state index in [-0.39, 0.29) is 0 Å². The Labute approximate surface area is 145 Å². The molecule has 0 fully saturated rings. The van der Waals surface area contributed by atoms with Crippen molar-refractivity contribution in [2.45, 2.75) is 73.0 Å². The van der Waals surface area contributed by atoms with Crippen molar-refractivity contribution in [1.82, 2.24) is 20.4 Å². The highest BCUT2D eigenvalue weighted by Crippen LogP contribution is 2.05. The van der Waals surface area contributed by atoms with Crippen LogP contribution in [0.4, 0.5) is 0 Å². The molecule has 23 heavy (non-hydrogen) atoms. The lowest BCUT2D eigenvalue weighted by molar-refractivity contribution is 0.147. The molecular weight excluding hydrogens is 284 g/mol. The molecule has 0 aromatic rings. The highest BCUT2D eigenvalue weighted by molar-refractivity contribution is 4.84. The molecule has 0 aliphatic heterocycles. The lowest BCUT2D eigenvalue weighted by Gasteiger charge is -2.33. The van der Waals surface area contributed by atoms with E-state index in [0.29, 0.717) is 18.1 Å². The van der Waals surface area contributed by atoms with Gasteiger partial charge < -0.3 is 10.6 Å². The van der Waals surface area contributed by atoms with Gasteiger partial charge in [-0.15, -0.1) is 0 Å². The van der Waals surface area contributed by atoms with Crippen LogP contribution in [0.1, 0.15) is 54.9 Å². The number of nitrogens with zero attached hydrogens (tertiary/aromatic N) is 2. The van der Waals surface area contributed by atoms with Crippen molar-refractivity contribution in [2.75, 3.05) is 39.3 Å². The minimum Gasteiger partial charge on any atom is -0.388 e. The summed E-state index contributed by atoms with van der Waals surface area (Å²) in [5.74, 6) is 0. The second kappa shape index (κ2) is 12.8. The summed E-state index contributed by atoms with van der Waals surface area (Å²) in [5, 5.41) is 6.88. The van der Waals surface area contributed by atoms with E-state index in [1.54, 1.807) is 0 Å². The number of nitrogens with one attached hydrogen (secondary N) is 2. The van der Waals surface area contributed by atoms with Crippen LogP contribution in [0.5, 0.6) is 0 Å². The monoisotopic (exact) mass is 326 g/mol. The first-order valence-corrected chi connectivity index (χ1v) is 9.38. The molecule has 0 aromatic carbocycles. The molecule has 4 heteroatoms. The zero-order chi connectivity index (χ0) is 17.8. The predicted molar refractivity (Wildman–Crippen MR) is 104 cm³/mol. The van der Waals surface area contributed by atoms with Gasteiger partial charge in [-0.05, 0) is 34.1 Å². The van der Waals surface area contributed by atoms with Crippen molar-refractivity contribution in [3.05, 3.63) is 12.3 Å². The summed E-state index contributed by atoms with van der Waals surface area (Å²) < 4.78 is 0. The molecule has 1 atom stereocenters. The molecule has 0 aliphatic carbocycles. The number of rotatable bonds is 14. The van der Waals surface area contributed by atoms with Gasteiger partial charge in [-0.1, -0.05) is 27.4 Å². The van der Waals surface area contributed by atoms with Crippen LogP contribution in [0.3, 0.4) is 0 Å². The number of allylic oxidation sites excluding steroid dienone is 1. The average molecular weight is 327 g/mol. The van der Waals surface area contributed by atoms with E-state index in [1.807, 2.05) is 6.92 Å². The van der Waals surface area contributed by atoms with E-state index in [0.717, 1.165) is 45.0 Å². The van der Waals surface area contributed by atoms with Gasteiger partial charge in [0.1, 0.15) is 0 Å². The number of hydrogen-bond acceptors (Lipinski definition) is 4. The lowest BCUT2D eigenvalue weighted by Crippen LogP contribution is -2.46. The summed E-state index contributed by atoms with van der Waals surface area (Å²) in [5.41, 5.74) is 1.05. The van der Waals surface area contributed by atoms with Crippen LogP contribution in [0.2, 0.25) is 0 Å². The van der Waals surface area contributed by atoms with Crippen LogP contribution >= 0.6 is 0 Å². The first kappa shape index (κ1) is 22.4. The Morgan fingerprint density at radius 1 is 0.913 bits per heavy atom. The van der Waals surface area contributed by atoms with Gasteiger partial charge in [-0.3, -0.25) is 9.80 Å². The summed E-state index contributed by atoms with van der Waals surface area (Å²) in [6.45, 7) is 26.1. The topological polar surface area (TPSA) is 30.5 Å². The van der Waals surface area contributed by atoms with Gasteiger partial charge in [0.15, 0.2) is 0 Å². The van der Waals surface area contributed by atoms with Crippen LogP contribution in [0.25, 0.3) is 0 Å². The second-order valence-electron chi connectivity index (χ2n) is 7.24. The van der Waals surface area contributed by atoms with Crippen LogP contribution in [0, 0.1) is 0 Å². The lowest BCUT2D eigenvalue weighted by atomic mass is 10.2. The summed E-state index contributed by atoms with van der Waals surface area (Å²) in [4.78, 5) is 5.18. The molecule has 4 nitrogen and oxygen atoms in total. The van der Waals surface area contributed by atoms with Gasteiger partial charge in [-0.2, -0.15) is 0 Å². The molecule has 0 aromatic heterocycles. The third kappa shape index (κ3) is 11.6. The van der Waals surface area contributed by atoms with Crippen LogP contribution in [0.15, 0.2) is 12.3 Å². The zero-order valence-electron chi connectivity index (χ0n) is 16.8. The largest absolute Gasteiger partial charge is 0.388 e. The first-order chi connectivity index (χ1) is 10.8. The highest BCUT2D eigenvalue weighted by atomic mass is 15.2. The third-order valence-electron chi connectivity index (χ3n) is 4.40. The van der Waals surface area contributed by atoms with Gasteiger partial charge >= 0.3 is 0 Å². The van der Waals surface area contributed by atoms with E-state index in [2.05, 4.69) is 68.6 Å². The maximum absolute atomic E-state index is 3.91. The SMILES string of the molecule is C=C(C)NCCN(CCN(CCNC(C)C)C(C)CC)C(C)C. The molecule has 0 spiro atoms. The number of hydrogen-bond donors (Lipinski definition) is 2. The van der Waals surface area contributed by atoms with Crippen molar-refractivity contribution in [1.29, 1.82) is 0 Å². The van der Waals surface area contributed by atoms with Crippen molar-refractivity contribution in [2.24, 2.45) is 0 Å². The normalized spacial score (nSPS) is 13.3. The Morgan fingerprint density at radius 2 is 1.48 bits per heavy atom. The molecule has 2 N–H and O–H groups in total. The Morgan fingerprint density at radius 3 is 1.96 bits per heavy atom. The second-order valence-corrected chi connectivity index (χ2v) is 7.24. The fourth-order valence-corrected chi connectivity index (χ4v) is 2.61. The molecule has 0 bridgehead atoms. The van der Waals surface area contributed by atoms with Crippen molar-refractivity contribution in [3.63, 3.8) is 0 Å². The van der Waals surface area contributed by atoms with Gasteiger partial charge in [0, 0.05) is 63.1 Å². The molecule has 0 saturated heterocycles. The molecule has 0 amide bonds. The third-order valence-corrected chi connectivity index (χ3v) is 4.40.